The first-order valence-corrected chi connectivity index (χ1v) is 4.90. The number of rotatable bonds is 1. The molecule has 0 aromatic heterocycles. The smallest absolute Gasteiger partial charge is 0.223 e. The van der Waals surface area contributed by atoms with Crippen LogP contribution < -0.4 is 0 Å². The monoisotopic (exact) mass is 180 g/mol. The number of fused-ring (bicyclic) bond motifs is 1. The van der Waals surface area contributed by atoms with Crippen LogP contribution >= 0.6 is 0 Å². The Hall–Kier alpha value is -0.860. The van der Waals surface area contributed by atoms with Gasteiger partial charge in [-0.25, -0.2) is 0 Å². The van der Waals surface area contributed by atoms with E-state index >= 15 is 0 Å². The van der Waals surface area contributed by atoms with Gasteiger partial charge in [0.1, 0.15) is 0 Å². The molecule has 1 radical (unpaired) electrons. The summed E-state index contributed by atoms with van der Waals surface area (Å²) >= 11 is 0. The predicted octanol–water partition coefficient (Wildman–Crippen LogP) is 0.886. The molecule has 0 aromatic carbocycles. The number of likely N-dealkylation sites (tertiary alicyclic amines) is 1. The summed E-state index contributed by atoms with van der Waals surface area (Å²) in [6.45, 7) is 1.55. The highest BCUT2D eigenvalue weighted by Gasteiger charge is 2.44. The lowest BCUT2D eigenvalue weighted by Crippen LogP contribution is -2.40. The first-order chi connectivity index (χ1) is 6.24. The summed E-state index contributed by atoms with van der Waals surface area (Å²) in [5.41, 5.74) is 0. The Balaban J connectivity index is 2.19. The summed E-state index contributed by atoms with van der Waals surface area (Å²) in [5, 5.41) is 0. The lowest BCUT2D eigenvalue weighted by atomic mass is 10.0. The van der Waals surface area contributed by atoms with Crippen LogP contribution in [0.2, 0.25) is 0 Å². The third-order valence-corrected chi connectivity index (χ3v) is 3.34. The first-order valence-electron chi connectivity index (χ1n) is 4.90. The molecule has 1 aliphatic carbocycles. The molecule has 0 N–H and O–H groups in total. The van der Waals surface area contributed by atoms with Crippen LogP contribution in [0.25, 0.3) is 0 Å². The number of hydrogen-bond acceptors (Lipinski definition) is 2. The zero-order valence-electron chi connectivity index (χ0n) is 7.82. The highest BCUT2D eigenvalue weighted by Crippen LogP contribution is 2.40. The molecule has 0 bridgehead atoms. The summed E-state index contributed by atoms with van der Waals surface area (Å²) in [4.78, 5) is 23.7. The number of carbonyl (C=O) groups is 1. The van der Waals surface area contributed by atoms with Crippen molar-refractivity contribution in [2.45, 2.75) is 44.7 Å². The van der Waals surface area contributed by atoms with E-state index in [2.05, 4.69) is 0 Å². The molecular weight excluding hydrogens is 166 g/mol. The number of carbonyl (C=O) groups excluding carboxylic acids is 2. The molecule has 0 unspecified atom stereocenters. The van der Waals surface area contributed by atoms with Crippen molar-refractivity contribution in [1.82, 2.24) is 4.90 Å². The molecule has 3 atom stereocenters. The summed E-state index contributed by atoms with van der Waals surface area (Å²) in [6.07, 6.45) is 6.26. The molecule has 71 valence electrons. The maximum Gasteiger partial charge on any atom is 0.223 e. The SMILES string of the molecule is CC(=O)N1[C@H]([C]=O)C[C@@H]2CCC[C@@H]21. The first kappa shape index (κ1) is 8.73. The molecule has 0 spiro atoms. The average molecular weight is 180 g/mol. The Morgan fingerprint density at radius 3 is 2.85 bits per heavy atom. The van der Waals surface area contributed by atoms with E-state index < -0.39 is 0 Å². The van der Waals surface area contributed by atoms with Gasteiger partial charge in [-0.2, -0.15) is 0 Å². The standard InChI is InChI=1S/C10H14NO2/c1-7(13)11-9(6-12)5-8-3-2-4-10(8)11/h8-10H,2-5H2,1H3/t8-,9-,10-/m0/s1. The minimum absolute atomic E-state index is 0.0303. The normalized spacial score (nSPS) is 37.6. The third-order valence-electron chi connectivity index (χ3n) is 3.34. The highest BCUT2D eigenvalue weighted by atomic mass is 16.2. The van der Waals surface area contributed by atoms with E-state index in [0.717, 1.165) is 12.8 Å². The molecule has 1 saturated heterocycles. The van der Waals surface area contributed by atoms with Crippen molar-refractivity contribution in [1.29, 1.82) is 0 Å². The van der Waals surface area contributed by atoms with Gasteiger partial charge in [0, 0.05) is 13.0 Å². The van der Waals surface area contributed by atoms with Crippen LogP contribution in [0.5, 0.6) is 0 Å². The van der Waals surface area contributed by atoms with Crippen LogP contribution in [0, 0.1) is 5.92 Å². The highest BCUT2D eigenvalue weighted by molar-refractivity contribution is 5.79. The molecule has 1 heterocycles. The second-order valence-electron chi connectivity index (χ2n) is 4.05. The van der Waals surface area contributed by atoms with Crippen molar-refractivity contribution in [3.05, 3.63) is 0 Å². The van der Waals surface area contributed by atoms with Crippen molar-refractivity contribution in [2.24, 2.45) is 5.92 Å². The second-order valence-corrected chi connectivity index (χ2v) is 4.05. The van der Waals surface area contributed by atoms with E-state index in [0.29, 0.717) is 12.0 Å². The zero-order valence-corrected chi connectivity index (χ0v) is 7.82. The van der Waals surface area contributed by atoms with Crippen LogP contribution in [-0.2, 0) is 9.59 Å². The molecule has 2 aliphatic rings. The van der Waals surface area contributed by atoms with E-state index in [1.807, 2.05) is 6.29 Å². The van der Waals surface area contributed by atoms with Crippen LogP contribution in [0.3, 0.4) is 0 Å². The second kappa shape index (κ2) is 3.13. The topological polar surface area (TPSA) is 37.4 Å². The maximum atomic E-state index is 11.3. The summed E-state index contributed by atoms with van der Waals surface area (Å²) in [5.74, 6) is 0.595. The van der Waals surface area contributed by atoms with Gasteiger partial charge in [-0.1, -0.05) is 6.42 Å². The van der Waals surface area contributed by atoms with E-state index in [1.165, 1.54) is 12.8 Å². The largest absolute Gasteiger partial charge is 0.329 e. The molecule has 2 rings (SSSR count). The van der Waals surface area contributed by atoms with E-state index in [4.69, 9.17) is 0 Å². The Labute approximate surface area is 78.1 Å². The van der Waals surface area contributed by atoms with Crippen molar-refractivity contribution in [3.63, 3.8) is 0 Å². The van der Waals surface area contributed by atoms with Crippen LogP contribution in [-0.4, -0.2) is 29.2 Å². The lowest BCUT2D eigenvalue weighted by molar-refractivity contribution is -0.130. The molecular formula is C10H14NO2. The Kier molecular flexibility index (Phi) is 2.10. The molecule has 1 saturated carbocycles. The third kappa shape index (κ3) is 1.26. The maximum absolute atomic E-state index is 11.3. The van der Waals surface area contributed by atoms with Gasteiger partial charge in [0.05, 0.1) is 6.04 Å². The van der Waals surface area contributed by atoms with Gasteiger partial charge in [-0.05, 0) is 25.2 Å². The van der Waals surface area contributed by atoms with Gasteiger partial charge < -0.3 is 4.90 Å². The fraction of sp³-hybridized carbons (Fsp3) is 0.800. The Bertz CT molecular complexity index is 239. The summed E-state index contributed by atoms with van der Waals surface area (Å²) in [6, 6.07) is 0.0803. The quantitative estimate of drug-likeness (QED) is 0.601. The van der Waals surface area contributed by atoms with E-state index in [1.54, 1.807) is 11.8 Å². The Morgan fingerprint density at radius 2 is 2.23 bits per heavy atom. The van der Waals surface area contributed by atoms with Gasteiger partial charge in [-0.3, -0.25) is 9.59 Å². The van der Waals surface area contributed by atoms with Gasteiger partial charge in [0.15, 0.2) is 0 Å². The number of hydrogen-bond donors (Lipinski definition) is 0. The lowest BCUT2D eigenvalue weighted by Gasteiger charge is -2.24. The average Bonchev–Trinajstić information content (AvgIpc) is 2.59. The van der Waals surface area contributed by atoms with Crippen molar-refractivity contribution < 1.29 is 9.59 Å². The van der Waals surface area contributed by atoms with E-state index in [-0.39, 0.29) is 11.9 Å². The minimum atomic E-state index is -0.257. The van der Waals surface area contributed by atoms with Crippen molar-refractivity contribution >= 4 is 12.2 Å². The van der Waals surface area contributed by atoms with Gasteiger partial charge in [0.2, 0.25) is 12.2 Å². The van der Waals surface area contributed by atoms with Gasteiger partial charge in [0.25, 0.3) is 0 Å². The molecule has 3 heteroatoms. The zero-order chi connectivity index (χ0) is 9.42. The Morgan fingerprint density at radius 1 is 1.46 bits per heavy atom. The number of amides is 1. The predicted molar refractivity (Wildman–Crippen MR) is 47.7 cm³/mol. The van der Waals surface area contributed by atoms with Crippen LogP contribution in [0.15, 0.2) is 0 Å². The number of nitrogens with zero attached hydrogens (tertiary/aromatic N) is 1. The van der Waals surface area contributed by atoms with Crippen LogP contribution in [0.4, 0.5) is 0 Å². The van der Waals surface area contributed by atoms with E-state index in [9.17, 15) is 9.59 Å². The fourth-order valence-electron chi connectivity index (χ4n) is 2.85. The van der Waals surface area contributed by atoms with Crippen molar-refractivity contribution in [3.8, 4) is 0 Å². The molecule has 13 heavy (non-hydrogen) atoms. The summed E-state index contributed by atoms with van der Waals surface area (Å²) in [7, 11) is 0. The molecule has 1 aliphatic heterocycles. The summed E-state index contributed by atoms with van der Waals surface area (Å²) < 4.78 is 0. The van der Waals surface area contributed by atoms with Gasteiger partial charge in [-0.15, -0.1) is 0 Å². The van der Waals surface area contributed by atoms with Gasteiger partial charge >= 0.3 is 0 Å². The molecule has 0 aromatic rings. The minimum Gasteiger partial charge on any atom is -0.329 e. The van der Waals surface area contributed by atoms with Crippen molar-refractivity contribution in [2.75, 3.05) is 0 Å². The molecule has 3 nitrogen and oxygen atoms in total. The fourth-order valence-corrected chi connectivity index (χ4v) is 2.85. The molecule has 1 amide bonds. The van der Waals surface area contributed by atoms with Crippen LogP contribution in [0.1, 0.15) is 32.6 Å². The molecule has 2 fully saturated rings.